The van der Waals surface area contributed by atoms with Crippen molar-refractivity contribution >= 4 is 27.3 Å². The lowest BCUT2D eigenvalue weighted by Crippen LogP contribution is -2.23. The number of hydrogen-bond donors (Lipinski definition) is 1. The number of sulfonamides is 1. The maximum atomic E-state index is 12.9. The molecule has 3 heterocycles. The van der Waals surface area contributed by atoms with Gasteiger partial charge in [0.05, 0.1) is 10.6 Å². The molecule has 1 amide bonds. The fourth-order valence-corrected chi connectivity index (χ4v) is 4.24. The number of anilines is 2. The maximum Gasteiger partial charge on any atom is 0.262 e. The fraction of sp³-hybridized carbons (Fsp3) is 0.294. The second-order valence-corrected chi connectivity index (χ2v) is 8.21. The molecule has 0 bridgehead atoms. The summed E-state index contributed by atoms with van der Waals surface area (Å²) in [5, 5.41) is 11.8. The second-order valence-electron chi connectivity index (χ2n) is 6.53. The average Bonchev–Trinajstić information content (AvgIpc) is 3.40. The summed E-state index contributed by atoms with van der Waals surface area (Å²) in [4.78, 5) is 13.6. The summed E-state index contributed by atoms with van der Waals surface area (Å²) < 4.78 is 31.5. The van der Waals surface area contributed by atoms with Gasteiger partial charge in [-0.2, -0.15) is 5.10 Å². The van der Waals surface area contributed by atoms with Crippen molar-refractivity contribution in [2.24, 2.45) is 7.05 Å². The minimum Gasteiger partial charge on any atom is -0.312 e. The van der Waals surface area contributed by atoms with Crippen LogP contribution in [0.2, 0.25) is 0 Å². The standard InChI is InChI=1S/C17H19N7O3S/c1-12-16(17(20-22(12)2)23-10-18-19-11-23)21-28(26,27)14-7-5-13(6-8-14)24-9-3-4-15(24)25/h5-8,10-11,21H,3-4,9H2,1-2H3. The van der Waals surface area contributed by atoms with Gasteiger partial charge in [-0.25, -0.2) is 8.42 Å². The van der Waals surface area contributed by atoms with Crippen LogP contribution in [0.4, 0.5) is 11.4 Å². The van der Waals surface area contributed by atoms with Crippen LogP contribution in [0.1, 0.15) is 18.5 Å². The van der Waals surface area contributed by atoms with Gasteiger partial charge in [0.2, 0.25) is 5.91 Å². The number of benzene rings is 1. The van der Waals surface area contributed by atoms with E-state index in [9.17, 15) is 13.2 Å². The van der Waals surface area contributed by atoms with Crippen molar-refractivity contribution in [3.05, 3.63) is 42.6 Å². The summed E-state index contributed by atoms with van der Waals surface area (Å²) in [7, 11) is -2.13. The Kier molecular flexibility index (Phi) is 4.38. The van der Waals surface area contributed by atoms with Crippen LogP contribution in [0.3, 0.4) is 0 Å². The zero-order valence-electron chi connectivity index (χ0n) is 15.4. The topological polar surface area (TPSA) is 115 Å². The molecule has 2 aromatic heterocycles. The Balaban J connectivity index is 1.64. The molecule has 1 N–H and O–H groups in total. The Morgan fingerprint density at radius 3 is 2.39 bits per heavy atom. The van der Waals surface area contributed by atoms with E-state index in [-0.39, 0.29) is 10.8 Å². The summed E-state index contributed by atoms with van der Waals surface area (Å²) in [5.41, 5.74) is 1.69. The number of carbonyl (C=O) groups is 1. The third-order valence-corrected chi connectivity index (χ3v) is 6.11. The zero-order chi connectivity index (χ0) is 19.9. The molecule has 1 saturated heterocycles. The first-order chi connectivity index (χ1) is 13.4. The molecule has 11 heteroatoms. The van der Waals surface area contributed by atoms with Gasteiger partial charge in [0, 0.05) is 25.7 Å². The number of rotatable bonds is 5. The number of nitrogens with zero attached hydrogens (tertiary/aromatic N) is 6. The Morgan fingerprint density at radius 1 is 1.11 bits per heavy atom. The van der Waals surface area contributed by atoms with Gasteiger partial charge >= 0.3 is 0 Å². The highest BCUT2D eigenvalue weighted by Crippen LogP contribution is 2.27. The molecule has 0 atom stereocenters. The Morgan fingerprint density at radius 2 is 1.79 bits per heavy atom. The van der Waals surface area contributed by atoms with Gasteiger partial charge in [-0.1, -0.05) is 0 Å². The molecule has 0 radical (unpaired) electrons. The fourth-order valence-electron chi connectivity index (χ4n) is 3.12. The van der Waals surface area contributed by atoms with Gasteiger partial charge in [-0.3, -0.25) is 18.8 Å². The number of amides is 1. The van der Waals surface area contributed by atoms with Gasteiger partial charge in [0.25, 0.3) is 10.0 Å². The molecule has 3 aromatic rings. The first-order valence-corrected chi connectivity index (χ1v) is 10.2. The van der Waals surface area contributed by atoms with E-state index in [0.717, 1.165) is 6.42 Å². The van der Waals surface area contributed by atoms with Crippen molar-refractivity contribution in [1.82, 2.24) is 24.5 Å². The number of nitrogens with one attached hydrogen (secondary N) is 1. The molecule has 0 saturated carbocycles. The first-order valence-electron chi connectivity index (χ1n) is 8.68. The highest BCUT2D eigenvalue weighted by atomic mass is 32.2. The molecule has 0 unspecified atom stereocenters. The summed E-state index contributed by atoms with van der Waals surface area (Å²) in [6.07, 6.45) is 4.23. The lowest BCUT2D eigenvalue weighted by Gasteiger charge is -2.16. The molecule has 1 aliphatic heterocycles. The van der Waals surface area contributed by atoms with Crippen molar-refractivity contribution in [2.45, 2.75) is 24.7 Å². The third kappa shape index (κ3) is 3.13. The highest BCUT2D eigenvalue weighted by molar-refractivity contribution is 7.92. The molecule has 28 heavy (non-hydrogen) atoms. The second kappa shape index (κ2) is 6.75. The monoisotopic (exact) mass is 401 g/mol. The van der Waals surface area contributed by atoms with Crippen molar-refractivity contribution in [3.8, 4) is 5.82 Å². The van der Waals surface area contributed by atoms with Crippen LogP contribution < -0.4 is 9.62 Å². The molecule has 146 valence electrons. The van der Waals surface area contributed by atoms with Crippen molar-refractivity contribution in [3.63, 3.8) is 0 Å². The van der Waals surface area contributed by atoms with Crippen LogP contribution >= 0.6 is 0 Å². The third-order valence-electron chi connectivity index (χ3n) is 4.75. The van der Waals surface area contributed by atoms with Gasteiger partial charge in [0.15, 0.2) is 5.82 Å². The molecule has 0 spiro atoms. The maximum absolute atomic E-state index is 12.9. The van der Waals surface area contributed by atoms with E-state index in [1.165, 1.54) is 29.4 Å². The summed E-state index contributed by atoms with van der Waals surface area (Å²) >= 11 is 0. The van der Waals surface area contributed by atoms with Gasteiger partial charge < -0.3 is 4.90 Å². The minimum atomic E-state index is -3.85. The number of carbonyl (C=O) groups excluding carboxylic acids is 1. The average molecular weight is 401 g/mol. The van der Waals surface area contributed by atoms with E-state index in [2.05, 4.69) is 20.0 Å². The van der Waals surface area contributed by atoms with Crippen LogP contribution in [0.15, 0.2) is 41.8 Å². The van der Waals surface area contributed by atoms with E-state index in [4.69, 9.17) is 0 Å². The minimum absolute atomic E-state index is 0.0540. The van der Waals surface area contributed by atoms with Gasteiger partial charge in [0.1, 0.15) is 18.3 Å². The van der Waals surface area contributed by atoms with Crippen molar-refractivity contribution in [1.29, 1.82) is 0 Å². The molecule has 1 fully saturated rings. The van der Waals surface area contributed by atoms with E-state index in [1.807, 2.05) is 0 Å². The van der Waals surface area contributed by atoms with Crippen molar-refractivity contribution in [2.75, 3.05) is 16.2 Å². The van der Waals surface area contributed by atoms with Crippen molar-refractivity contribution < 1.29 is 13.2 Å². The van der Waals surface area contributed by atoms with E-state index in [1.54, 1.807) is 35.7 Å². The quantitative estimate of drug-likeness (QED) is 0.688. The molecule has 1 aromatic carbocycles. The largest absolute Gasteiger partial charge is 0.312 e. The first kappa shape index (κ1) is 18.2. The Bertz CT molecular complexity index is 1120. The molecule has 0 aliphatic carbocycles. The molecule has 1 aliphatic rings. The van der Waals surface area contributed by atoms with Gasteiger partial charge in [-0.15, -0.1) is 10.2 Å². The van der Waals surface area contributed by atoms with Crippen LogP contribution in [-0.2, 0) is 21.9 Å². The van der Waals surface area contributed by atoms with Crippen LogP contribution in [0.25, 0.3) is 5.82 Å². The molecular weight excluding hydrogens is 382 g/mol. The van der Waals surface area contributed by atoms with E-state index >= 15 is 0 Å². The van der Waals surface area contributed by atoms with E-state index < -0.39 is 10.0 Å². The van der Waals surface area contributed by atoms with Crippen LogP contribution in [0.5, 0.6) is 0 Å². The molecule has 4 rings (SSSR count). The zero-order valence-corrected chi connectivity index (χ0v) is 16.2. The lowest BCUT2D eigenvalue weighted by atomic mass is 10.3. The highest BCUT2D eigenvalue weighted by Gasteiger charge is 2.24. The molecule has 10 nitrogen and oxygen atoms in total. The summed E-state index contributed by atoms with van der Waals surface area (Å²) in [5.74, 6) is 0.436. The Labute approximate surface area is 161 Å². The number of aryl methyl sites for hydroxylation is 1. The predicted molar refractivity (Wildman–Crippen MR) is 102 cm³/mol. The predicted octanol–water partition coefficient (Wildman–Crippen LogP) is 1.24. The number of aromatic nitrogens is 5. The van der Waals surface area contributed by atoms with Crippen LogP contribution in [-0.4, -0.2) is 45.4 Å². The summed E-state index contributed by atoms with van der Waals surface area (Å²) in [6.45, 7) is 2.42. The smallest absolute Gasteiger partial charge is 0.262 e. The normalized spacial score (nSPS) is 14.6. The van der Waals surface area contributed by atoms with Gasteiger partial charge in [-0.05, 0) is 37.6 Å². The van der Waals surface area contributed by atoms with Crippen LogP contribution in [0, 0.1) is 6.92 Å². The Hall–Kier alpha value is -3.21. The van der Waals surface area contributed by atoms with E-state index in [0.29, 0.717) is 35.9 Å². The number of hydrogen-bond acceptors (Lipinski definition) is 6. The lowest BCUT2D eigenvalue weighted by molar-refractivity contribution is -0.117. The molecular formula is C17H19N7O3S. The SMILES string of the molecule is Cc1c(NS(=O)(=O)c2ccc(N3CCCC3=O)cc2)c(-n2cnnc2)nn1C. The summed E-state index contributed by atoms with van der Waals surface area (Å²) in [6, 6.07) is 6.28.